The molecule has 2 nitrogen and oxygen atoms in total. The Morgan fingerprint density at radius 1 is 1.33 bits per heavy atom. The largest absolute Gasteiger partial charge is 0.319 e. The number of nitrogens with zero attached hydrogens (tertiary/aromatic N) is 1. The van der Waals surface area contributed by atoms with Crippen LogP contribution in [0.3, 0.4) is 0 Å². The summed E-state index contributed by atoms with van der Waals surface area (Å²) in [6.45, 7) is 3.57. The SMILES string of the molecule is CNCC1CCC1N1CC=CC1. The summed E-state index contributed by atoms with van der Waals surface area (Å²) in [5.41, 5.74) is 0. The Morgan fingerprint density at radius 3 is 2.58 bits per heavy atom. The van der Waals surface area contributed by atoms with E-state index in [0.717, 1.165) is 12.0 Å². The first-order valence-electron chi connectivity index (χ1n) is 4.95. The maximum absolute atomic E-state index is 3.28. The van der Waals surface area contributed by atoms with Gasteiger partial charge >= 0.3 is 0 Å². The van der Waals surface area contributed by atoms with Crippen LogP contribution >= 0.6 is 0 Å². The van der Waals surface area contributed by atoms with Crippen molar-refractivity contribution in [3.63, 3.8) is 0 Å². The molecule has 2 atom stereocenters. The van der Waals surface area contributed by atoms with Gasteiger partial charge in [-0.15, -0.1) is 0 Å². The quantitative estimate of drug-likeness (QED) is 0.625. The van der Waals surface area contributed by atoms with Crippen LogP contribution in [-0.4, -0.2) is 37.6 Å². The second-order valence-corrected chi connectivity index (χ2v) is 3.89. The highest BCUT2D eigenvalue weighted by atomic mass is 15.2. The molecule has 0 aromatic heterocycles. The number of nitrogens with one attached hydrogen (secondary N) is 1. The Labute approximate surface area is 74.6 Å². The Bertz CT molecular complexity index is 169. The fourth-order valence-corrected chi connectivity index (χ4v) is 2.30. The van der Waals surface area contributed by atoms with E-state index in [2.05, 4.69) is 29.4 Å². The van der Waals surface area contributed by atoms with Gasteiger partial charge in [-0.25, -0.2) is 0 Å². The molecule has 2 aliphatic rings. The van der Waals surface area contributed by atoms with Gasteiger partial charge in [-0.1, -0.05) is 12.2 Å². The fourth-order valence-electron chi connectivity index (χ4n) is 2.30. The lowest BCUT2D eigenvalue weighted by atomic mass is 9.78. The van der Waals surface area contributed by atoms with Crippen LogP contribution in [0.2, 0.25) is 0 Å². The third-order valence-electron chi connectivity index (χ3n) is 3.16. The summed E-state index contributed by atoms with van der Waals surface area (Å²) in [6.07, 6.45) is 7.40. The van der Waals surface area contributed by atoms with Gasteiger partial charge in [0.25, 0.3) is 0 Å². The van der Waals surface area contributed by atoms with Gasteiger partial charge < -0.3 is 5.32 Å². The molecule has 2 unspecified atom stereocenters. The summed E-state index contributed by atoms with van der Waals surface area (Å²) in [5.74, 6) is 0.912. The molecule has 0 radical (unpaired) electrons. The van der Waals surface area contributed by atoms with Gasteiger partial charge in [0.05, 0.1) is 0 Å². The molecular weight excluding hydrogens is 148 g/mol. The average molecular weight is 166 g/mol. The highest BCUT2D eigenvalue weighted by molar-refractivity contribution is 5.01. The molecule has 0 aromatic rings. The van der Waals surface area contributed by atoms with E-state index in [0.29, 0.717) is 0 Å². The first-order chi connectivity index (χ1) is 5.92. The van der Waals surface area contributed by atoms with Crippen LogP contribution in [-0.2, 0) is 0 Å². The summed E-state index contributed by atoms with van der Waals surface area (Å²) in [4.78, 5) is 2.59. The molecule has 1 fully saturated rings. The first kappa shape index (κ1) is 8.27. The Morgan fingerprint density at radius 2 is 2.08 bits per heavy atom. The highest BCUT2D eigenvalue weighted by Gasteiger charge is 2.34. The van der Waals surface area contributed by atoms with Gasteiger partial charge in [0.15, 0.2) is 0 Å². The molecule has 1 aliphatic carbocycles. The molecule has 2 rings (SSSR count). The molecule has 68 valence electrons. The number of rotatable bonds is 3. The topological polar surface area (TPSA) is 15.3 Å². The van der Waals surface area contributed by atoms with E-state index in [1.807, 2.05) is 0 Å². The predicted octanol–water partition coefficient (Wildman–Crippen LogP) is 0.856. The molecule has 0 bridgehead atoms. The maximum Gasteiger partial charge on any atom is 0.0170 e. The van der Waals surface area contributed by atoms with Gasteiger partial charge in [0.1, 0.15) is 0 Å². The standard InChI is InChI=1S/C10H18N2/c1-11-8-9-4-5-10(9)12-6-2-3-7-12/h2-3,9-11H,4-8H2,1H3. The lowest BCUT2D eigenvalue weighted by Crippen LogP contribution is -2.49. The van der Waals surface area contributed by atoms with E-state index in [1.54, 1.807) is 0 Å². The fraction of sp³-hybridized carbons (Fsp3) is 0.800. The van der Waals surface area contributed by atoms with Crippen LogP contribution in [0.5, 0.6) is 0 Å². The molecular formula is C10H18N2. The molecule has 0 spiro atoms. The molecule has 0 saturated heterocycles. The van der Waals surface area contributed by atoms with Gasteiger partial charge in [0, 0.05) is 19.1 Å². The van der Waals surface area contributed by atoms with Crippen molar-refractivity contribution in [3.8, 4) is 0 Å². The monoisotopic (exact) mass is 166 g/mol. The molecule has 0 aromatic carbocycles. The van der Waals surface area contributed by atoms with Gasteiger partial charge in [-0.3, -0.25) is 4.90 Å². The normalized spacial score (nSPS) is 35.4. The Balaban J connectivity index is 1.80. The minimum absolute atomic E-state index is 0.868. The molecule has 1 saturated carbocycles. The Hall–Kier alpha value is -0.340. The molecule has 12 heavy (non-hydrogen) atoms. The zero-order valence-corrected chi connectivity index (χ0v) is 7.79. The Kier molecular flexibility index (Phi) is 2.47. The molecule has 2 heteroatoms. The van der Waals surface area contributed by atoms with Crippen molar-refractivity contribution in [1.29, 1.82) is 0 Å². The summed E-state index contributed by atoms with van der Waals surface area (Å²) in [7, 11) is 2.05. The van der Waals surface area contributed by atoms with Crippen molar-refractivity contribution in [2.75, 3.05) is 26.7 Å². The summed E-state index contributed by atoms with van der Waals surface area (Å²) in [6, 6.07) is 0.868. The van der Waals surface area contributed by atoms with E-state index >= 15 is 0 Å². The molecule has 0 amide bonds. The molecule has 1 N–H and O–H groups in total. The van der Waals surface area contributed by atoms with Crippen LogP contribution < -0.4 is 5.32 Å². The second kappa shape index (κ2) is 3.58. The second-order valence-electron chi connectivity index (χ2n) is 3.89. The van der Waals surface area contributed by atoms with E-state index in [9.17, 15) is 0 Å². The van der Waals surface area contributed by atoms with Crippen molar-refractivity contribution < 1.29 is 0 Å². The number of hydrogen-bond acceptors (Lipinski definition) is 2. The van der Waals surface area contributed by atoms with Crippen molar-refractivity contribution >= 4 is 0 Å². The van der Waals surface area contributed by atoms with Crippen LogP contribution in [0.15, 0.2) is 12.2 Å². The van der Waals surface area contributed by atoms with Crippen LogP contribution in [0, 0.1) is 5.92 Å². The first-order valence-corrected chi connectivity index (χ1v) is 4.95. The van der Waals surface area contributed by atoms with Crippen LogP contribution in [0.4, 0.5) is 0 Å². The van der Waals surface area contributed by atoms with Crippen molar-refractivity contribution in [1.82, 2.24) is 10.2 Å². The predicted molar refractivity (Wildman–Crippen MR) is 51.2 cm³/mol. The van der Waals surface area contributed by atoms with Gasteiger partial charge in [0.2, 0.25) is 0 Å². The lowest BCUT2D eigenvalue weighted by Gasteiger charge is -2.42. The van der Waals surface area contributed by atoms with Crippen molar-refractivity contribution in [2.24, 2.45) is 5.92 Å². The lowest BCUT2D eigenvalue weighted by molar-refractivity contribution is 0.0883. The summed E-state index contributed by atoms with van der Waals surface area (Å²) < 4.78 is 0. The minimum Gasteiger partial charge on any atom is -0.319 e. The summed E-state index contributed by atoms with van der Waals surface area (Å²) in [5, 5.41) is 3.28. The third kappa shape index (κ3) is 1.41. The third-order valence-corrected chi connectivity index (χ3v) is 3.16. The number of hydrogen-bond donors (Lipinski definition) is 1. The van der Waals surface area contributed by atoms with Crippen molar-refractivity contribution in [3.05, 3.63) is 12.2 Å². The van der Waals surface area contributed by atoms with E-state index in [-0.39, 0.29) is 0 Å². The zero-order valence-electron chi connectivity index (χ0n) is 7.79. The molecule has 1 aliphatic heterocycles. The van der Waals surface area contributed by atoms with Gasteiger partial charge in [-0.2, -0.15) is 0 Å². The molecule has 1 heterocycles. The zero-order chi connectivity index (χ0) is 8.39. The van der Waals surface area contributed by atoms with E-state index < -0.39 is 0 Å². The van der Waals surface area contributed by atoms with E-state index in [1.165, 1.54) is 32.5 Å². The smallest absolute Gasteiger partial charge is 0.0170 e. The van der Waals surface area contributed by atoms with E-state index in [4.69, 9.17) is 0 Å². The van der Waals surface area contributed by atoms with Crippen LogP contribution in [0.25, 0.3) is 0 Å². The summed E-state index contributed by atoms with van der Waals surface area (Å²) >= 11 is 0. The average Bonchev–Trinajstić information content (AvgIpc) is 2.51. The van der Waals surface area contributed by atoms with Crippen LogP contribution in [0.1, 0.15) is 12.8 Å². The minimum atomic E-state index is 0.868. The maximum atomic E-state index is 3.28. The van der Waals surface area contributed by atoms with Crippen molar-refractivity contribution in [2.45, 2.75) is 18.9 Å². The highest BCUT2D eigenvalue weighted by Crippen LogP contribution is 2.32. The van der Waals surface area contributed by atoms with Gasteiger partial charge in [-0.05, 0) is 32.4 Å².